The molecule has 0 aliphatic heterocycles. The van der Waals surface area contributed by atoms with Crippen LogP contribution in [0.2, 0.25) is 0 Å². The number of aliphatic imine (C=N–C) groups is 1. The third-order valence-corrected chi connectivity index (χ3v) is 2.41. The zero-order valence-electron chi connectivity index (χ0n) is 11.2. The Hall–Kier alpha value is -1.84. The Labute approximate surface area is 109 Å². The molecule has 0 heterocycles. The summed E-state index contributed by atoms with van der Waals surface area (Å²) in [5, 5.41) is 4.31. The number of nitrogens with one attached hydrogen (secondary N) is 1. The molecule has 3 N–H and O–H groups in total. The maximum Gasteiger partial charge on any atom is 0.214 e. The van der Waals surface area contributed by atoms with Crippen LogP contribution in [0.3, 0.4) is 0 Å². The van der Waals surface area contributed by atoms with Crippen LogP contribution in [-0.2, 0) is 0 Å². The van der Waals surface area contributed by atoms with Crippen LogP contribution in [0.1, 0.15) is 39.5 Å². The van der Waals surface area contributed by atoms with Crippen LogP contribution in [0.4, 0.5) is 5.69 Å². The second-order valence-electron chi connectivity index (χ2n) is 4.12. The molecule has 1 aromatic carbocycles. The van der Waals surface area contributed by atoms with Crippen LogP contribution in [0.25, 0.3) is 0 Å². The molecule has 0 aliphatic rings. The lowest BCUT2D eigenvalue weighted by Gasteiger charge is -2.05. The van der Waals surface area contributed by atoms with Gasteiger partial charge in [-0.1, -0.05) is 44.9 Å². The van der Waals surface area contributed by atoms with Crippen LogP contribution in [0.5, 0.6) is 0 Å². The molecule has 0 atom stereocenters. The lowest BCUT2D eigenvalue weighted by molar-refractivity contribution is 0.878. The van der Waals surface area contributed by atoms with Gasteiger partial charge in [0.25, 0.3) is 0 Å². The van der Waals surface area contributed by atoms with E-state index in [2.05, 4.69) is 29.4 Å². The van der Waals surface area contributed by atoms with Gasteiger partial charge in [0.2, 0.25) is 5.96 Å². The molecular formula is C14H22N4. The van der Waals surface area contributed by atoms with Crippen LogP contribution in [0.15, 0.2) is 40.4 Å². The predicted molar refractivity (Wildman–Crippen MR) is 78.1 cm³/mol. The average Bonchev–Trinajstić information content (AvgIpc) is 2.38. The van der Waals surface area contributed by atoms with Crippen molar-refractivity contribution in [3.63, 3.8) is 0 Å². The first-order chi connectivity index (χ1) is 8.76. The topological polar surface area (TPSA) is 62.8 Å². The van der Waals surface area contributed by atoms with Gasteiger partial charge in [-0.3, -0.25) is 0 Å². The molecule has 0 fully saturated rings. The van der Waals surface area contributed by atoms with E-state index in [0.717, 1.165) is 37.1 Å². The molecule has 0 spiro atoms. The van der Waals surface area contributed by atoms with Gasteiger partial charge in [0.05, 0.1) is 5.69 Å². The molecule has 4 nitrogen and oxygen atoms in total. The Kier molecular flexibility index (Phi) is 6.54. The molecule has 0 unspecified atom stereocenters. The fraction of sp³-hybridized carbons (Fsp3) is 0.429. The molecule has 0 aromatic heterocycles. The maximum absolute atomic E-state index is 5.78. The van der Waals surface area contributed by atoms with E-state index >= 15 is 0 Å². The third-order valence-electron chi connectivity index (χ3n) is 2.41. The van der Waals surface area contributed by atoms with Crippen molar-refractivity contribution >= 4 is 17.4 Å². The van der Waals surface area contributed by atoms with E-state index in [1.165, 1.54) is 0 Å². The Morgan fingerprint density at radius 3 is 2.28 bits per heavy atom. The minimum Gasteiger partial charge on any atom is -0.368 e. The lowest BCUT2D eigenvalue weighted by Crippen LogP contribution is -2.28. The molecule has 0 amide bonds. The molecule has 4 heteroatoms. The zero-order chi connectivity index (χ0) is 13.2. The molecule has 0 bridgehead atoms. The number of rotatable bonds is 6. The summed E-state index contributed by atoms with van der Waals surface area (Å²) < 4.78 is 0. The Balaban J connectivity index is 2.60. The van der Waals surface area contributed by atoms with E-state index in [1.807, 2.05) is 30.3 Å². The second-order valence-corrected chi connectivity index (χ2v) is 4.12. The van der Waals surface area contributed by atoms with Crippen LogP contribution in [0, 0.1) is 0 Å². The summed E-state index contributed by atoms with van der Waals surface area (Å²) in [6.07, 6.45) is 4.19. The molecule has 0 aliphatic carbocycles. The van der Waals surface area contributed by atoms with Gasteiger partial charge >= 0.3 is 0 Å². The van der Waals surface area contributed by atoms with Gasteiger partial charge in [-0.2, -0.15) is 5.10 Å². The third kappa shape index (κ3) is 5.48. The van der Waals surface area contributed by atoms with Crippen LogP contribution in [-0.4, -0.2) is 11.7 Å². The normalized spacial score (nSPS) is 11.1. The number of nitrogens with zero attached hydrogens (tertiary/aromatic N) is 2. The smallest absolute Gasteiger partial charge is 0.214 e. The summed E-state index contributed by atoms with van der Waals surface area (Å²) >= 11 is 0. The van der Waals surface area contributed by atoms with Gasteiger partial charge in [0, 0.05) is 5.71 Å². The van der Waals surface area contributed by atoms with Crippen molar-refractivity contribution < 1.29 is 0 Å². The van der Waals surface area contributed by atoms with Gasteiger partial charge in [-0.25, -0.2) is 10.4 Å². The van der Waals surface area contributed by atoms with Crippen molar-refractivity contribution in [1.29, 1.82) is 0 Å². The number of hydrogen-bond donors (Lipinski definition) is 2. The minimum atomic E-state index is 0.325. The van der Waals surface area contributed by atoms with E-state index in [0.29, 0.717) is 5.96 Å². The summed E-state index contributed by atoms with van der Waals surface area (Å²) in [6.45, 7) is 4.29. The van der Waals surface area contributed by atoms with Crippen molar-refractivity contribution in [3.05, 3.63) is 30.3 Å². The average molecular weight is 246 g/mol. The first kappa shape index (κ1) is 14.2. The van der Waals surface area contributed by atoms with E-state index in [-0.39, 0.29) is 0 Å². The van der Waals surface area contributed by atoms with Crippen molar-refractivity contribution in [1.82, 2.24) is 5.43 Å². The van der Waals surface area contributed by atoms with Crippen molar-refractivity contribution in [2.24, 2.45) is 15.8 Å². The molecule has 0 radical (unpaired) electrons. The van der Waals surface area contributed by atoms with E-state index in [9.17, 15) is 0 Å². The fourth-order valence-electron chi connectivity index (χ4n) is 1.62. The fourth-order valence-corrected chi connectivity index (χ4v) is 1.62. The minimum absolute atomic E-state index is 0.325. The molecule has 18 heavy (non-hydrogen) atoms. The molecule has 1 rings (SSSR count). The van der Waals surface area contributed by atoms with Gasteiger partial charge in [-0.15, -0.1) is 0 Å². The summed E-state index contributed by atoms with van der Waals surface area (Å²) in [4.78, 5) is 4.23. The quantitative estimate of drug-likeness (QED) is 0.460. The number of hydrazone groups is 1. The van der Waals surface area contributed by atoms with Gasteiger partial charge in [0.1, 0.15) is 0 Å². The summed E-state index contributed by atoms with van der Waals surface area (Å²) in [7, 11) is 0. The zero-order valence-corrected chi connectivity index (χ0v) is 11.2. The first-order valence-corrected chi connectivity index (χ1v) is 6.47. The molecular weight excluding hydrogens is 224 g/mol. The van der Waals surface area contributed by atoms with Crippen molar-refractivity contribution in [2.75, 3.05) is 0 Å². The number of nitrogens with two attached hydrogens (primary N) is 1. The number of benzene rings is 1. The number of guanidine groups is 1. The van der Waals surface area contributed by atoms with E-state index < -0.39 is 0 Å². The highest BCUT2D eigenvalue weighted by Crippen LogP contribution is 2.08. The SMILES string of the molecule is CCCC(CCC)=NNC(N)=Nc1ccccc1. The molecule has 0 saturated heterocycles. The molecule has 1 aromatic rings. The maximum atomic E-state index is 5.78. The van der Waals surface area contributed by atoms with E-state index in [4.69, 9.17) is 5.73 Å². The lowest BCUT2D eigenvalue weighted by atomic mass is 10.1. The van der Waals surface area contributed by atoms with Gasteiger partial charge in [-0.05, 0) is 25.0 Å². The molecule has 98 valence electrons. The standard InChI is InChI=1S/C14H22N4/c1-3-8-13(9-4-2)17-18-14(15)16-12-10-6-5-7-11-12/h5-7,10-11H,3-4,8-9H2,1-2H3,(H3,15,16,18). The largest absolute Gasteiger partial charge is 0.368 e. The van der Waals surface area contributed by atoms with Crippen molar-refractivity contribution in [2.45, 2.75) is 39.5 Å². The predicted octanol–water partition coefficient (Wildman–Crippen LogP) is 3.18. The highest BCUT2D eigenvalue weighted by Gasteiger charge is 1.97. The number of para-hydroxylation sites is 1. The summed E-state index contributed by atoms with van der Waals surface area (Å²) in [6, 6.07) is 9.60. The van der Waals surface area contributed by atoms with Crippen LogP contribution < -0.4 is 11.2 Å². The Morgan fingerprint density at radius 1 is 1.11 bits per heavy atom. The highest BCUT2D eigenvalue weighted by molar-refractivity contribution is 5.87. The number of hydrogen-bond acceptors (Lipinski definition) is 2. The van der Waals surface area contributed by atoms with Gasteiger partial charge < -0.3 is 5.73 Å². The van der Waals surface area contributed by atoms with Crippen LogP contribution >= 0.6 is 0 Å². The summed E-state index contributed by atoms with van der Waals surface area (Å²) in [5.41, 5.74) is 10.6. The molecule has 0 saturated carbocycles. The highest BCUT2D eigenvalue weighted by atomic mass is 15.4. The Morgan fingerprint density at radius 2 is 1.72 bits per heavy atom. The summed E-state index contributed by atoms with van der Waals surface area (Å²) in [5.74, 6) is 0.325. The Bertz CT molecular complexity index is 388. The van der Waals surface area contributed by atoms with Crippen molar-refractivity contribution in [3.8, 4) is 0 Å². The second kappa shape index (κ2) is 8.28. The van der Waals surface area contributed by atoms with Gasteiger partial charge in [0.15, 0.2) is 0 Å². The first-order valence-electron chi connectivity index (χ1n) is 6.47. The van der Waals surface area contributed by atoms with E-state index in [1.54, 1.807) is 0 Å². The monoisotopic (exact) mass is 246 g/mol.